The van der Waals surface area contributed by atoms with Gasteiger partial charge in [-0.15, -0.1) is 0 Å². The molecule has 17 heavy (non-hydrogen) atoms. The van der Waals surface area contributed by atoms with E-state index in [0.29, 0.717) is 17.3 Å². The average molecular weight is 256 g/mol. The maximum atomic E-state index is 11.9. The molecule has 0 saturated heterocycles. The van der Waals surface area contributed by atoms with Gasteiger partial charge < -0.3 is 11.1 Å². The standard InChI is InChI=1S/C13H24N2OS/c1-13(2,12(14)17)15-11(16)9-10-7-5-3-4-6-8-10/h10H,3-9H2,1-2H3,(H2,14,17)(H,15,16). The fourth-order valence-electron chi connectivity index (χ4n) is 2.29. The van der Waals surface area contributed by atoms with Crippen LogP contribution < -0.4 is 11.1 Å². The molecule has 0 aromatic heterocycles. The third-order valence-electron chi connectivity index (χ3n) is 3.52. The van der Waals surface area contributed by atoms with Crippen LogP contribution >= 0.6 is 12.2 Å². The predicted octanol–water partition coefficient (Wildman–Crippen LogP) is 2.53. The van der Waals surface area contributed by atoms with Crippen LogP contribution in [0.2, 0.25) is 0 Å². The van der Waals surface area contributed by atoms with Crippen LogP contribution in [-0.2, 0) is 4.79 Å². The molecule has 0 atom stereocenters. The smallest absolute Gasteiger partial charge is 0.221 e. The fraction of sp³-hybridized carbons (Fsp3) is 0.846. The highest BCUT2D eigenvalue weighted by atomic mass is 32.1. The summed E-state index contributed by atoms with van der Waals surface area (Å²) in [6.45, 7) is 3.70. The van der Waals surface area contributed by atoms with Crippen molar-refractivity contribution >= 4 is 23.1 Å². The van der Waals surface area contributed by atoms with E-state index < -0.39 is 5.54 Å². The van der Waals surface area contributed by atoms with E-state index in [1.807, 2.05) is 13.8 Å². The summed E-state index contributed by atoms with van der Waals surface area (Å²) in [4.78, 5) is 12.3. The van der Waals surface area contributed by atoms with Gasteiger partial charge in [0.15, 0.2) is 0 Å². The molecule has 0 radical (unpaired) electrons. The van der Waals surface area contributed by atoms with Gasteiger partial charge >= 0.3 is 0 Å². The maximum absolute atomic E-state index is 11.9. The highest BCUT2D eigenvalue weighted by Gasteiger charge is 2.25. The van der Waals surface area contributed by atoms with Gasteiger partial charge in [0.1, 0.15) is 0 Å². The topological polar surface area (TPSA) is 55.1 Å². The van der Waals surface area contributed by atoms with E-state index in [1.54, 1.807) is 0 Å². The summed E-state index contributed by atoms with van der Waals surface area (Å²) >= 11 is 4.94. The molecule has 1 aliphatic carbocycles. The lowest BCUT2D eigenvalue weighted by Crippen LogP contribution is -2.52. The summed E-state index contributed by atoms with van der Waals surface area (Å²) < 4.78 is 0. The third kappa shape index (κ3) is 5.02. The van der Waals surface area contributed by atoms with Gasteiger partial charge in [0.2, 0.25) is 5.91 Å². The number of nitrogens with one attached hydrogen (secondary N) is 1. The van der Waals surface area contributed by atoms with Crippen molar-refractivity contribution in [3.05, 3.63) is 0 Å². The number of rotatable bonds is 4. The maximum Gasteiger partial charge on any atom is 0.221 e. The first-order valence-corrected chi connectivity index (χ1v) is 6.93. The molecule has 0 spiro atoms. The van der Waals surface area contributed by atoms with Gasteiger partial charge in [-0.1, -0.05) is 37.9 Å². The Balaban J connectivity index is 2.40. The summed E-state index contributed by atoms with van der Waals surface area (Å²) in [5.74, 6) is 0.620. The van der Waals surface area contributed by atoms with Crippen molar-refractivity contribution < 1.29 is 4.79 Å². The predicted molar refractivity (Wildman–Crippen MR) is 74.8 cm³/mol. The molecule has 3 N–H and O–H groups in total. The summed E-state index contributed by atoms with van der Waals surface area (Å²) in [6.07, 6.45) is 8.13. The van der Waals surface area contributed by atoms with E-state index in [1.165, 1.54) is 38.5 Å². The zero-order valence-corrected chi connectivity index (χ0v) is 11.7. The molecule has 0 aromatic carbocycles. The summed E-state index contributed by atoms with van der Waals surface area (Å²) in [6, 6.07) is 0. The van der Waals surface area contributed by atoms with Crippen molar-refractivity contribution in [1.29, 1.82) is 0 Å². The minimum atomic E-state index is -0.572. The normalized spacial score (nSPS) is 18.5. The Morgan fingerprint density at radius 3 is 2.29 bits per heavy atom. The SMILES string of the molecule is CC(C)(NC(=O)CC1CCCCCC1)C(N)=S. The minimum absolute atomic E-state index is 0.0784. The molecule has 1 rings (SSSR count). The Morgan fingerprint density at radius 1 is 1.29 bits per heavy atom. The molecule has 4 heteroatoms. The molecule has 0 unspecified atom stereocenters. The van der Waals surface area contributed by atoms with Gasteiger partial charge in [0.25, 0.3) is 0 Å². The molecule has 0 aliphatic heterocycles. The Morgan fingerprint density at radius 2 is 1.82 bits per heavy atom. The van der Waals surface area contributed by atoms with Crippen LogP contribution in [0.1, 0.15) is 58.8 Å². The largest absolute Gasteiger partial charge is 0.391 e. The van der Waals surface area contributed by atoms with Crippen molar-refractivity contribution in [2.45, 2.75) is 64.3 Å². The van der Waals surface area contributed by atoms with Crippen molar-refractivity contribution in [2.24, 2.45) is 11.7 Å². The lowest BCUT2D eigenvalue weighted by Gasteiger charge is -2.26. The molecule has 0 aromatic rings. The Bertz CT molecular complexity index is 281. The molecular weight excluding hydrogens is 232 g/mol. The molecule has 98 valence electrons. The number of hydrogen-bond acceptors (Lipinski definition) is 2. The first kappa shape index (κ1) is 14.4. The average Bonchev–Trinajstić information content (AvgIpc) is 2.45. The van der Waals surface area contributed by atoms with E-state index >= 15 is 0 Å². The van der Waals surface area contributed by atoms with Crippen molar-refractivity contribution in [3.8, 4) is 0 Å². The second-order valence-corrected chi connectivity index (χ2v) is 6.04. The lowest BCUT2D eigenvalue weighted by atomic mass is 9.95. The highest BCUT2D eigenvalue weighted by molar-refractivity contribution is 7.80. The van der Waals surface area contributed by atoms with E-state index in [2.05, 4.69) is 5.32 Å². The second-order valence-electron chi connectivity index (χ2n) is 5.60. The zero-order chi connectivity index (χ0) is 12.9. The summed E-state index contributed by atoms with van der Waals surface area (Å²) in [5, 5.41) is 2.92. The van der Waals surface area contributed by atoms with Crippen molar-refractivity contribution in [2.75, 3.05) is 0 Å². The van der Waals surface area contributed by atoms with Crippen LogP contribution in [0, 0.1) is 5.92 Å². The van der Waals surface area contributed by atoms with E-state index in [-0.39, 0.29) is 5.91 Å². The molecule has 1 fully saturated rings. The Hall–Kier alpha value is -0.640. The van der Waals surface area contributed by atoms with Gasteiger partial charge in [-0.2, -0.15) is 0 Å². The lowest BCUT2D eigenvalue weighted by molar-refractivity contribution is -0.123. The van der Waals surface area contributed by atoms with Gasteiger partial charge in [0.05, 0.1) is 10.5 Å². The number of thiocarbonyl (C=S) groups is 1. The zero-order valence-electron chi connectivity index (χ0n) is 10.9. The van der Waals surface area contributed by atoms with Crippen LogP contribution in [0.15, 0.2) is 0 Å². The number of carbonyl (C=O) groups excluding carboxylic acids is 1. The van der Waals surface area contributed by atoms with Crippen LogP contribution in [0.25, 0.3) is 0 Å². The number of hydrogen-bond donors (Lipinski definition) is 2. The number of amides is 1. The quantitative estimate of drug-likeness (QED) is 0.600. The van der Waals surface area contributed by atoms with Gasteiger partial charge in [0, 0.05) is 6.42 Å². The monoisotopic (exact) mass is 256 g/mol. The molecule has 1 aliphatic rings. The highest BCUT2D eigenvalue weighted by Crippen LogP contribution is 2.25. The van der Waals surface area contributed by atoms with E-state index in [9.17, 15) is 4.79 Å². The Labute approximate surface area is 110 Å². The summed E-state index contributed by atoms with van der Waals surface area (Å²) in [7, 11) is 0. The molecular formula is C13H24N2OS. The first-order valence-electron chi connectivity index (χ1n) is 6.53. The van der Waals surface area contributed by atoms with E-state index in [4.69, 9.17) is 18.0 Å². The number of nitrogens with two attached hydrogens (primary N) is 1. The molecule has 1 saturated carbocycles. The van der Waals surface area contributed by atoms with Crippen LogP contribution in [0.5, 0.6) is 0 Å². The van der Waals surface area contributed by atoms with Gasteiger partial charge in [-0.05, 0) is 32.6 Å². The first-order chi connectivity index (χ1) is 7.92. The molecule has 0 heterocycles. The summed E-state index contributed by atoms with van der Waals surface area (Å²) in [5.41, 5.74) is 5.02. The molecule has 1 amide bonds. The van der Waals surface area contributed by atoms with Crippen LogP contribution in [0.4, 0.5) is 0 Å². The molecule has 3 nitrogen and oxygen atoms in total. The van der Waals surface area contributed by atoms with Crippen LogP contribution in [0.3, 0.4) is 0 Å². The van der Waals surface area contributed by atoms with E-state index in [0.717, 1.165) is 0 Å². The van der Waals surface area contributed by atoms with Crippen LogP contribution in [-0.4, -0.2) is 16.4 Å². The Kier molecular flexibility index (Phi) is 5.37. The third-order valence-corrected chi connectivity index (χ3v) is 4.03. The van der Waals surface area contributed by atoms with Gasteiger partial charge in [-0.25, -0.2) is 0 Å². The second kappa shape index (κ2) is 6.34. The van der Waals surface area contributed by atoms with Crippen molar-refractivity contribution in [3.63, 3.8) is 0 Å². The fourth-order valence-corrected chi connectivity index (χ4v) is 2.34. The number of carbonyl (C=O) groups is 1. The van der Waals surface area contributed by atoms with Gasteiger partial charge in [-0.3, -0.25) is 4.79 Å². The minimum Gasteiger partial charge on any atom is -0.391 e. The molecule has 0 bridgehead atoms. The van der Waals surface area contributed by atoms with Crippen molar-refractivity contribution in [1.82, 2.24) is 5.32 Å².